The van der Waals surface area contributed by atoms with E-state index in [0.717, 1.165) is 25.7 Å². The fourth-order valence-corrected chi connectivity index (χ4v) is 2.76. The van der Waals surface area contributed by atoms with Gasteiger partial charge in [0.15, 0.2) is 0 Å². The summed E-state index contributed by atoms with van der Waals surface area (Å²) in [5.74, 6) is 0.453. The van der Waals surface area contributed by atoms with Crippen LogP contribution in [0.4, 0.5) is 19.4 Å². The van der Waals surface area contributed by atoms with Gasteiger partial charge in [-0.3, -0.25) is 0 Å². The Morgan fingerprint density at radius 1 is 0.909 bits per heavy atom. The van der Waals surface area contributed by atoms with Gasteiger partial charge in [0, 0.05) is 0 Å². The highest BCUT2D eigenvalue weighted by Gasteiger charge is 2.60. The first-order chi connectivity index (χ1) is 9.97. The standard InChI is InChI=1S/C16H23F5S/c1-15(16-12-8-6-9-13-16)11-7-4-2-3-5-10-14-22(17,18,19,20)21/h6,8-10,12-15H,2-5,7,11H2,1H3/b14-10+. The maximum absolute atomic E-state index is 12.0. The second-order valence-electron chi connectivity index (χ2n) is 5.70. The summed E-state index contributed by atoms with van der Waals surface area (Å²) in [6.45, 7) is 2.15. The fourth-order valence-electron chi connectivity index (χ4n) is 2.26. The zero-order valence-electron chi connectivity index (χ0n) is 12.7. The minimum atomic E-state index is -9.36. The van der Waals surface area contributed by atoms with Gasteiger partial charge in [-0.05, 0) is 30.7 Å². The summed E-state index contributed by atoms with van der Waals surface area (Å²) in [4.78, 5) is 0. The van der Waals surface area contributed by atoms with E-state index < -0.39 is 15.6 Å². The van der Waals surface area contributed by atoms with Crippen LogP contribution in [0.2, 0.25) is 0 Å². The number of benzene rings is 1. The van der Waals surface area contributed by atoms with Crippen LogP contribution in [-0.2, 0) is 0 Å². The van der Waals surface area contributed by atoms with E-state index in [4.69, 9.17) is 0 Å². The molecule has 0 aliphatic carbocycles. The lowest BCUT2D eigenvalue weighted by Crippen LogP contribution is -1.98. The SMILES string of the molecule is CC(CCCCCC/C=C/S(F)(F)(F)(F)F)c1ccccc1. The van der Waals surface area contributed by atoms with Crippen molar-refractivity contribution in [3.8, 4) is 0 Å². The third-order valence-corrected chi connectivity index (χ3v) is 4.19. The molecule has 22 heavy (non-hydrogen) atoms. The molecule has 0 amide bonds. The second-order valence-corrected chi connectivity index (χ2v) is 8.03. The van der Waals surface area contributed by atoms with Crippen LogP contribution in [0.1, 0.15) is 56.9 Å². The molecule has 0 fully saturated rings. The Kier molecular flexibility index (Phi) is 5.71. The molecule has 1 unspecified atom stereocenters. The average molecular weight is 342 g/mol. The number of hydrogen-bond acceptors (Lipinski definition) is 0. The van der Waals surface area contributed by atoms with Crippen LogP contribution in [0.5, 0.6) is 0 Å². The zero-order valence-corrected chi connectivity index (χ0v) is 13.5. The lowest BCUT2D eigenvalue weighted by molar-refractivity contribution is 0.384. The number of rotatable bonds is 9. The van der Waals surface area contributed by atoms with E-state index in [1.807, 2.05) is 18.2 Å². The van der Waals surface area contributed by atoms with Gasteiger partial charge in [-0.25, -0.2) is 0 Å². The Bertz CT molecular complexity index is 478. The molecule has 0 saturated carbocycles. The molecule has 1 aromatic carbocycles. The van der Waals surface area contributed by atoms with Crippen molar-refractivity contribution in [2.24, 2.45) is 0 Å². The summed E-state index contributed by atoms with van der Waals surface area (Å²) in [5.41, 5.74) is 1.28. The van der Waals surface area contributed by atoms with Gasteiger partial charge in [0.1, 0.15) is 0 Å². The van der Waals surface area contributed by atoms with Crippen molar-refractivity contribution in [3.05, 3.63) is 47.4 Å². The predicted octanol–water partition coefficient (Wildman–Crippen LogP) is 7.94. The topological polar surface area (TPSA) is 0 Å². The molecule has 0 radical (unpaired) electrons. The fraction of sp³-hybridized carbons (Fsp3) is 0.500. The van der Waals surface area contributed by atoms with Crippen molar-refractivity contribution in [1.82, 2.24) is 0 Å². The van der Waals surface area contributed by atoms with Crippen molar-refractivity contribution in [1.29, 1.82) is 0 Å². The van der Waals surface area contributed by atoms with Crippen LogP contribution in [0, 0.1) is 0 Å². The Balaban J connectivity index is 2.13. The summed E-state index contributed by atoms with van der Waals surface area (Å²) in [7, 11) is -9.36. The van der Waals surface area contributed by atoms with Gasteiger partial charge < -0.3 is 0 Å². The van der Waals surface area contributed by atoms with E-state index in [1.54, 1.807) is 0 Å². The monoisotopic (exact) mass is 342 g/mol. The van der Waals surface area contributed by atoms with Gasteiger partial charge in [-0.1, -0.05) is 82.0 Å². The predicted molar refractivity (Wildman–Crippen MR) is 84.8 cm³/mol. The van der Waals surface area contributed by atoms with Gasteiger partial charge in [0.2, 0.25) is 0 Å². The number of allylic oxidation sites excluding steroid dienone is 1. The summed E-state index contributed by atoms with van der Waals surface area (Å²) in [5, 5.41) is -0.836. The summed E-state index contributed by atoms with van der Waals surface area (Å²) in [6.07, 6.45) is 4.76. The summed E-state index contributed by atoms with van der Waals surface area (Å²) < 4.78 is 60.0. The molecule has 6 heteroatoms. The highest BCUT2D eigenvalue weighted by Crippen LogP contribution is 2.98. The third-order valence-electron chi connectivity index (χ3n) is 3.48. The normalized spacial score (nSPS) is 17.2. The summed E-state index contributed by atoms with van der Waals surface area (Å²) in [6, 6.07) is 10.1. The van der Waals surface area contributed by atoms with Gasteiger partial charge in [-0.15, -0.1) is 0 Å². The van der Waals surface area contributed by atoms with Gasteiger partial charge in [0.05, 0.1) is 5.41 Å². The summed E-state index contributed by atoms with van der Waals surface area (Å²) >= 11 is 0. The van der Waals surface area contributed by atoms with E-state index in [1.165, 1.54) is 5.56 Å². The lowest BCUT2D eigenvalue weighted by Gasteiger charge is -2.36. The molecule has 0 aromatic heterocycles. The first kappa shape index (κ1) is 19.0. The van der Waals surface area contributed by atoms with Crippen LogP contribution in [0.3, 0.4) is 0 Å². The number of halogens is 5. The Hall–Kier alpha value is -1.04. The van der Waals surface area contributed by atoms with Crippen LogP contribution in [0.15, 0.2) is 41.8 Å². The molecule has 0 aliphatic heterocycles. The molecule has 0 saturated heterocycles. The molecule has 128 valence electrons. The molecule has 0 aliphatic rings. The molecule has 0 spiro atoms. The molecule has 0 nitrogen and oxygen atoms in total. The first-order valence-electron chi connectivity index (χ1n) is 7.43. The quantitative estimate of drug-likeness (QED) is 0.315. The highest BCUT2D eigenvalue weighted by molar-refractivity contribution is 8.48. The number of unbranched alkanes of at least 4 members (excludes halogenated alkanes) is 4. The van der Waals surface area contributed by atoms with E-state index in [2.05, 4.69) is 19.1 Å². The Morgan fingerprint density at radius 2 is 1.50 bits per heavy atom. The Labute approximate surface area is 129 Å². The molecule has 1 atom stereocenters. The smallest absolute Gasteiger partial charge is 0.0942 e. The van der Waals surface area contributed by atoms with Crippen LogP contribution in [-0.4, -0.2) is 0 Å². The van der Waals surface area contributed by atoms with Crippen molar-refractivity contribution >= 4 is 10.2 Å². The van der Waals surface area contributed by atoms with Crippen LogP contribution >= 0.6 is 10.2 Å². The van der Waals surface area contributed by atoms with Crippen molar-refractivity contribution < 1.29 is 19.4 Å². The zero-order chi connectivity index (χ0) is 16.8. The highest BCUT2D eigenvalue weighted by atomic mass is 32.5. The molecular formula is C16H23F5S. The van der Waals surface area contributed by atoms with E-state index in [0.29, 0.717) is 18.4 Å². The second kappa shape index (κ2) is 6.60. The van der Waals surface area contributed by atoms with E-state index >= 15 is 0 Å². The number of hydrogen-bond donors (Lipinski definition) is 0. The maximum atomic E-state index is 12.0. The molecular weight excluding hydrogens is 319 g/mol. The van der Waals surface area contributed by atoms with E-state index in [-0.39, 0.29) is 6.42 Å². The van der Waals surface area contributed by atoms with Crippen LogP contribution in [0.25, 0.3) is 0 Å². The molecule has 0 N–H and O–H groups in total. The van der Waals surface area contributed by atoms with Crippen molar-refractivity contribution in [3.63, 3.8) is 0 Å². The van der Waals surface area contributed by atoms with Gasteiger partial charge >= 0.3 is 10.2 Å². The average Bonchev–Trinajstić information content (AvgIpc) is 2.40. The maximum Gasteiger partial charge on any atom is 0.304 e. The van der Waals surface area contributed by atoms with Crippen molar-refractivity contribution in [2.45, 2.75) is 51.4 Å². The molecule has 0 heterocycles. The van der Waals surface area contributed by atoms with Gasteiger partial charge in [-0.2, -0.15) is 0 Å². The molecule has 1 aromatic rings. The minimum Gasteiger partial charge on any atom is -0.0942 e. The van der Waals surface area contributed by atoms with Crippen LogP contribution < -0.4 is 0 Å². The minimum absolute atomic E-state index is 0.0415. The third kappa shape index (κ3) is 9.82. The van der Waals surface area contributed by atoms with Crippen molar-refractivity contribution in [2.75, 3.05) is 0 Å². The first-order valence-corrected chi connectivity index (χ1v) is 9.45. The largest absolute Gasteiger partial charge is 0.304 e. The molecule has 0 bridgehead atoms. The van der Waals surface area contributed by atoms with Gasteiger partial charge in [0.25, 0.3) is 0 Å². The Morgan fingerprint density at radius 3 is 2.09 bits per heavy atom. The molecule has 1 rings (SSSR count). The van der Waals surface area contributed by atoms with E-state index in [9.17, 15) is 19.4 Å². The lowest BCUT2D eigenvalue weighted by atomic mass is 9.95.